The maximum absolute atomic E-state index is 5.85. The van der Waals surface area contributed by atoms with Crippen LogP contribution < -0.4 is 10.6 Å². The molecule has 0 bridgehead atoms. The topological polar surface area (TPSA) is 52.6 Å². The Balaban J connectivity index is 1.56. The molecular weight excluding hydrogens is 346 g/mol. The zero-order valence-corrected chi connectivity index (χ0v) is 16.7. The van der Waals surface area contributed by atoms with Crippen molar-refractivity contribution in [1.82, 2.24) is 20.5 Å². The van der Waals surface area contributed by atoms with E-state index in [1.807, 2.05) is 19.2 Å². The van der Waals surface area contributed by atoms with E-state index in [0.29, 0.717) is 17.2 Å². The van der Waals surface area contributed by atoms with Gasteiger partial charge in [-0.1, -0.05) is 43.4 Å². The predicted molar refractivity (Wildman–Crippen MR) is 109 cm³/mol. The number of nitrogens with one attached hydrogen (secondary N) is 2. The van der Waals surface area contributed by atoms with E-state index in [0.717, 1.165) is 18.1 Å². The molecule has 26 heavy (non-hydrogen) atoms. The standard InChI is InChI=1S/C20H32ClN5/c1-22-19(24-15-17-8-9-18(21)23-14-17)25-16-20(10-4-2-5-11-20)26-12-6-3-7-13-26/h8-9,14H,2-7,10-13,15-16H2,1H3,(H2,22,24,25). The molecular formula is C20H32ClN5. The van der Waals surface area contributed by atoms with Crippen LogP contribution in [0.3, 0.4) is 0 Å². The number of piperidine rings is 1. The molecule has 1 aliphatic heterocycles. The van der Waals surface area contributed by atoms with Crippen LogP contribution >= 0.6 is 11.6 Å². The molecule has 0 unspecified atom stereocenters. The zero-order chi connectivity index (χ0) is 18.2. The lowest BCUT2D eigenvalue weighted by Crippen LogP contribution is -2.59. The van der Waals surface area contributed by atoms with E-state index in [1.165, 1.54) is 64.5 Å². The molecule has 0 atom stereocenters. The zero-order valence-electron chi connectivity index (χ0n) is 15.9. The number of rotatable bonds is 5. The molecule has 2 fully saturated rings. The SMILES string of the molecule is CN=C(NCc1ccc(Cl)nc1)NCC1(N2CCCCC2)CCCCC1. The quantitative estimate of drug-likeness (QED) is 0.467. The average molecular weight is 378 g/mol. The molecule has 1 saturated heterocycles. The number of halogens is 1. The summed E-state index contributed by atoms with van der Waals surface area (Å²) in [5.41, 5.74) is 1.40. The molecule has 1 aliphatic carbocycles. The molecule has 1 aromatic rings. The minimum atomic E-state index is 0.304. The van der Waals surface area contributed by atoms with Gasteiger partial charge < -0.3 is 10.6 Å². The maximum atomic E-state index is 5.85. The van der Waals surface area contributed by atoms with Gasteiger partial charge in [0.15, 0.2) is 5.96 Å². The van der Waals surface area contributed by atoms with Gasteiger partial charge in [-0.2, -0.15) is 0 Å². The number of aliphatic imine (C=N–C) groups is 1. The summed E-state index contributed by atoms with van der Waals surface area (Å²) >= 11 is 5.85. The van der Waals surface area contributed by atoms with Gasteiger partial charge in [-0.15, -0.1) is 0 Å². The molecule has 1 saturated carbocycles. The number of likely N-dealkylation sites (tertiary alicyclic amines) is 1. The van der Waals surface area contributed by atoms with Crippen molar-refractivity contribution in [3.63, 3.8) is 0 Å². The van der Waals surface area contributed by atoms with Gasteiger partial charge in [-0.05, 0) is 50.4 Å². The van der Waals surface area contributed by atoms with Gasteiger partial charge >= 0.3 is 0 Å². The second-order valence-corrected chi connectivity index (χ2v) is 7.99. The van der Waals surface area contributed by atoms with Crippen molar-refractivity contribution in [2.45, 2.75) is 63.5 Å². The van der Waals surface area contributed by atoms with Crippen molar-refractivity contribution in [2.75, 3.05) is 26.7 Å². The molecule has 3 rings (SSSR count). The van der Waals surface area contributed by atoms with Gasteiger partial charge in [0.2, 0.25) is 0 Å². The highest BCUT2D eigenvalue weighted by molar-refractivity contribution is 6.29. The van der Waals surface area contributed by atoms with Gasteiger partial charge in [-0.25, -0.2) is 4.98 Å². The molecule has 0 amide bonds. The van der Waals surface area contributed by atoms with Crippen LogP contribution in [0.5, 0.6) is 0 Å². The summed E-state index contributed by atoms with van der Waals surface area (Å²) in [4.78, 5) is 11.3. The highest BCUT2D eigenvalue weighted by Gasteiger charge is 2.38. The predicted octanol–water partition coefficient (Wildman–Crippen LogP) is 3.59. The van der Waals surface area contributed by atoms with E-state index < -0.39 is 0 Å². The van der Waals surface area contributed by atoms with Crippen molar-refractivity contribution >= 4 is 17.6 Å². The minimum Gasteiger partial charge on any atom is -0.355 e. The van der Waals surface area contributed by atoms with Gasteiger partial charge in [0.05, 0.1) is 0 Å². The molecule has 144 valence electrons. The van der Waals surface area contributed by atoms with Crippen molar-refractivity contribution in [1.29, 1.82) is 0 Å². The van der Waals surface area contributed by atoms with E-state index in [-0.39, 0.29) is 0 Å². The molecule has 0 aromatic carbocycles. The molecule has 1 aromatic heterocycles. The Hall–Kier alpha value is -1.33. The van der Waals surface area contributed by atoms with Gasteiger partial charge in [0.1, 0.15) is 5.15 Å². The first-order chi connectivity index (χ1) is 12.7. The summed E-state index contributed by atoms with van der Waals surface area (Å²) in [6, 6.07) is 3.81. The van der Waals surface area contributed by atoms with Crippen molar-refractivity contribution in [3.05, 3.63) is 29.0 Å². The number of guanidine groups is 1. The fourth-order valence-corrected chi connectivity index (χ4v) is 4.46. The van der Waals surface area contributed by atoms with E-state index in [9.17, 15) is 0 Å². The fourth-order valence-electron chi connectivity index (χ4n) is 4.35. The summed E-state index contributed by atoms with van der Waals surface area (Å²) in [6.07, 6.45) is 12.6. The average Bonchev–Trinajstić information content (AvgIpc) is 2.71. The van der Waals surface area contributed by atoms with E-state index in [1.54, 1.807) is 6.20 Å². The Bertz CT molecular complexity index is 574. The number of aromatic nitrogens is 1. The Kier molecular flexibility index (Phi) is 7.15. The summed E-state index contributed by atoms with van der Waals surface area (Å²) < 4.78 is 0. The number of pyridine rings is 1. The third kappa shape index (κ3) is 5.10. The van der Waals surface area contributed by atoms with E-state index in [4.69, 9.17) is 11.6 Å². The molecule has 2 aliphatic rings. The number of hydrogen-bond acceptors (Lipinski definition) is 3. The van der Waals surface area contributed by atoms with Gasteiger partial charge in [0.25, 0.3) is 0 Å². The van der Waals surface area contributed by atoms with Crippen molar-refractivity contribution < 1.29 is 0 Å². The van der Waals surface area contributed by atoms with Crippen molar-refractivity contribution in [3.8, 4) is 0 Å². The number of hydrogen-bond donors (Lipinski definition) is 2. The maximum Gasteiger partial charge on any atom is 0.191 e. The lowest BCUT2D eigenvalue weighted by molar-refractivity contribution is 0.0368. The third-order valence-corrected chi connectivity index (χ3v) is 6.09. The van der Waals surface area contributed by atoms with Crippen LogP contribution in [-0.4, -0.2) is 48.1 Å². The van der Waals surface area contributed by atoms with Crippen LogP contribution in [0.25, 0.3) is 0 Å². The molecule has 2 N–H and O–H groups in total. The smallest absolute Gasteiger partial charge is 0.191 e. The van der Waals surface area contributed by atoms with Gasteiger partial charge in [-0.3, -0.25) is 9.89 Å². The van der Waals surface area contributed by atoms with E-state index in [2.05, 4.69) is 25.5 Å². The first-order valence-electron chi connectivity index (χ1n) is 10.0. The largest absolute Gasteiger partial charge is 0.355 e. The van der Waals surface area contributed by atoms with Crippen LogP contribution in [0, 0.1) is 0 Å². The van der Waals surface area contributed by atoms with Crippen molar-refractivity contribution in [2.24, 2.45) is 4.99 Å². The van der Waals surface area contributed by atoms with E-state index >= 15 is 0 Å². The Morgan fingerprint density at radius 3 is 2.50 bits per heavy atom. The first kappa shape index (κ1) is 19.4. The molecule has 0 spiro atoms. The highest BCUT2D eigenvalue weighted by Crippen LogP contribution is 2.35. The Labute approximate surface area is 162 Å². The summed E-state index contributed by atoms with van der Waals surface area (Å²) in [7, 11) is 1.84. The second kappa shape index (κ2) is 9.56. The fraction of sp³-hybridized carbons (Fsp3) is 0.700. The van der Waals surface area contributed by atoms with Crippen LogP contribution in [0.1, 0.15) is 56.9 Å². The molecule has 5 nitrogen and oxygen atoms in total. The lowest BCUT2D eigenvalue weighted by atomic mass is 9.79. The monoisotopic (exact) mass is 377 g/mol. The minimum absolute atomic E-state index is 0.304. The molecule has 0 radical (unpaired) electrons. The third-order valence-electron chi connectivity index (χ3n) is 5.87. The molecule has 2 heterocycles. The summed E-state index contributed by atoms with van der Waals surface area (Å²) in [5.74, 6) is 0.863. The Morgan fingerprint density at radius 2 is 1.85 bits per heavy atom. The second-order valence-electron chi connectivity index (χ2n) is 7.60. The Morgan fingerprint density at radius 1 is 1.12 bits per heavy atom. The van der Waals surface area contributed by atoms with Crippen LogP contribution in [0.4, 0.5) is 0 Å². The normalized spacial score (nSPS) is 21.4. The van der Waals surface area contributed by atoms with Crippen LogP contribution in [0.15, 0.2) is 23.3 Å². The summed E-state index contributed by atoms with van der Waals surface area (Å²) in [5, 5.41) is 7.54. The highest BCUT2D eigenvalue weighted by atomic mass is 35.5. The van der Waals surface area contributed by atoms with Gasteiger partial charge in [0, 0.05) is 31.9 Å². The number of nitrogens with zero attached hydrogens (tertiary/aromatic N) is 3. The molecule has 6 heteroatoms. The summed E-state index contributed by atoms with van der Waals surface area (Å²) in [6.45, 7) is 4.18. The first-order valence-corrected chi connectivity index (χ1v) is 10.4. The van der Waals surface area contributed by atoms with Crippen LogP contribution in [-0.2, 0) is 6.54 Å². The lowest BCUT2D eigenvalue weighted by Gasteiger charge is -2.48. The van der Waals surface area contributed by atoms with Crippen LogP contribution in [0.2, 0.25) is 5.15 Å².